The lowest BCUT2D eigenvalue weighted by molar-refractivity contribution is -0.199. The molecule has 0 radical (unpaired) electrons. The van der Waals surface area contributed by atoms with Crippen molar-refractivity contribution in [3.63, 3.8) is 0 Å². The fraction of sp³-hybridized carbons (Fsp3) is 0.519. The lowest BCUT2D eigenvalue weighted by Crippen LogP contribution is -2.74. The number of nitrogens with two attached hydrogens (primary N) is 1. The number of benzene rings is 3. The average molecular weight is 980 g/mol. The molecule has 3 aliphatic rings. The van der Waals surface area contributed by atoms with E-state index in [1.807, 2.05) is 81.4 Å². The van der Waals surface area contributed by atoms with Gasteiger partial charge in [0.15, 0.2) is 0 Å². The van der Waals surface area contributed by atoms with Crippen molar-refractivity contribution in [2.45, 2.75) is 144 Å². The number of fused-ring (bicyclic) bond motifs is 1. The molecule has 1 aromatic heterocycles. The maximum Gasteiger partial charge on any atom is 0.254 e. The number of carbonyl (C=O) groups excluding carboxylic acids is 4. The summed E-state index contributed by atoms with van der Waals surface area (Å²) in [5.41, 5.74) is 12.5. The van der Waals surface area contributed by atoms with Gasteiger partial charge < -0.3 is 35.4 Å². The number of unbranched alkanes of at least 4 members (excludes halogenated alkanes) is 3. The van der Waals surface area contributed by atoms with Crippen LogP contribution in [0.15, 0.2) is 66.2 Å². The Hall–Kier alpha value is -5.33. The van der Waals surface area contributed by atoms with Crippen LogP contribution >= 0.6 is 22.9 Å². The van der Waals surface area contributed by atoms with Crippen LogP contribution in [0.2, 0.25) is 5.02 Å². The number of nitrogens with zero attached hydrogens (tertiary/aromatic N) is 4. The van der Waals surface area contributed by atoms with Crippen molar-refractivity contribution in [1.82, 2.24) is 20.1 Å². The van der Waals surface area contributed by atoms with Crippen LogP contribution in [0, 0.1) is 40.4 Å². The van der Waals surface area contributed by atoms with Crippen LogP contribution in [0.3, 0.4) is 0 Å². The minimum atomic E-state index is -1.23. The predicted octanol–water partition coefficient (Wildman–Crippen LogP) is 8.96. The van der Waals surface area contributed by atoms with Crippen LogP contribution in [0.5, 0.6) is 5.75 Å². The number of likely N-dealkylation sites (tertiary alicyclic amines) is 1. The van der Waals surface area contributed by atoms with Crippen LogP contribution < -0.4 is 15.8 Å². The van der Waals surface area contributed by atoms with Crippen molar-refractivity contribution in [2.75, 3.05) is 13.2 Å². The highest BCUT2D eigenvalue weighted by Gasteiger charge is 2.67. The maximum atomic E-state index is 14.5. The number of thiazole rings is 1. The van der Waals surface area contributed by atoms with Gasteiger partial charge in [0.2, 0.25) is 17.7 Å². The molecule has 4 aromatic rings. The lowest BCUT2D eigenvalue weighted by Gasteiger charge is -2.65. The quantitative estimate of drug-likeness (QED) is 0.0818. The second-order valence-corrected chi connectivity index (χ2v) is 22.7. The minimum Gasteiger partial charge on any atom is -0.489 e. The number of aromatic nitrogens is 1. The van der Waals surface area contributed by atoms with Crippen molar-refractivity contribution >= 4 is 46.6 Å². The van der Waals surface area contributed by atoms with Crippen molar-refractivity contribution < 1.29 is 33.8 Å². The van der Waals surface area contributed by atoms with Crippen LogP contribution in [-0.4, -0.2) is 87.1 Å². The molecule has 69 heavy (non-hydrogen) atoms. The van der Waals surface area contributed by atoms with Crippen LogP contribution in [0.1, 0.15) is 132 Å². The Morgan fingerprint density at radius 3 is 2.35 bits per heavy atom. The second-order valence-electron chi connectivity index (χ2n) is 21.4. The van der Waals surface area contributed by atoms with Gasteiger partial charge in [-0.05, 0) is 79.0 Å². The average Bonchev–Trinajstić information content (AvgIpc) is 3.99. The Morgan fingerprint density at radius 1 is 1.03 bits per heavy atom. The van der Waals surface area contributed by atoms with Crippen LogP contribution in [0.4, 0.5) is 0 Å². The Kier molecular flexibility index (Phi) is 15.4. The summed E-state index contributed by atoms with van der Waals surface area (Å²) in [7, 11) is 0. The van der Waals surface area contributed by atoms with E-state index in [2.05, 4.69) is 50.1 Å². The van der Waals surface area contributed by atoms with Crippen LogP contribution in [0.25, 0.3) is 10.4 Å². The number of hydrogen-bond donors (Lipinski definition) is 3. The third kappa shape index (κ3) is 10.7. The highest BCUT2D eigenvalue weighted by molar-refractivity contribution is 7.13. The molecule has 15 heteroatoms. The summed E-state index contributed by atoms with van der Waals surface area (Å²) in [6.45, 7) is 18.6. The molecule has 2 aliphatic heterocycles. The Labute approximate surface area is 415 Å². The van der Waals surface area contributed by atoms with E-state index >= 15 is 0 Å². The monoisotopic (exact) mass is 978 g/mol. The lowest BCUT2D eigenvalue weighted by atomic mass is 9.49. The van der Waals surface area contributed by atoms with Gasteiger partial charge in [0.25, 0.3) is 5.91 Å². The van der Waals surface area contributed by atoms with Crippen molar-refractivity contribution in [2.24, 2.45) is 27.9 Å². The van der Waals surface area contributed by atoms with Gasteiger partial charge in [0.05, 0.1) is 44.7 Å². The molecule has 0 unspecified atom stereocenters. The molecule has 4 amide bonds. The predicted molar refractivity (Wildman–Crippen MR) is 267 cm³/mol. The number of primary amides is 1. The smallest absolute Gasteiger partial charge is 0.254 e. The van der Waals surface area contributed by atoms with E-state index in [-0.39, 0.29) is 60.4 Å². The Bertz CT molecular complexity index is 2580. The molecule has 5 atom stereocenters. The number of β-amino-alcohol motifs (C(OH)–C–C–N with tert-alkyl or cyclic N) is 1. The molecule has 368 valence electrons. The summed E-state index contributed by atoms with van der Waals surface area (Å²) in [5.74, 6) is -1.97. The van der Waals surface area contributed by atoms with E-state index in [0.29, 0.717) is 29.3 Å². The van der Waals surface area contributed by atoms with E-state index in [4.69, 9.17) is 26.8 Å². The molecule has 3 aromatic carbocycles. The van der Waals surface area contributed by atoms with E-state index in [1.165, 1.54) is 4.90 Å². The highest BCUT2D eigenvalue weighted by atomic mass is 35.5. The molecule has 1 aliphatic carbocycles. The van der Waals surface area contributed by atoms with Gasteiger partial charge in [-0.25, -0.2) is 4.98 Å². The number of nitriles is 1. The van der Waals surface area contributed by atoms with Gasteiger partial charge in [0, 0.05) is 54.6 Å². The Morgan fingerprint density at radius 2 is 1.72 bits per heavy atom. The normalized spacial score (nSPS) is 21.7. The molecule has 3 heterocycles. The number of hydrogen-bond acceptors (Lipinski definition) is 10. The number of carbonyl (C=O) groups is 4. The number of nitrogens with one attached hydrogen (secondary N) is 1. The van der Waals surface area contributed by atoms with Gasteiger partial charge in [-0.15, -0.1) is 11.3 Å². The zero-order valence-corrected chi connectivity index (χ0v) is 42.9. The summed E-state index contributed by atoms with van der Waals surface area (Å²) in [4.78, 5) is 64.0. The number of aryl methyl sites for hydroxylation is 2. The Balaban J connectivity index is 0.892. The number of ether oxygens (including phenoxy) is 2. The molecule has 0 spiro atoms. The number of aliphatic hydroxyl groups excluding tert-OH is 1. The van der Waals surface area contributed by atoms with Gasteiger partial charge >= 0.3 is 0 Å². The highest BCUT2D eigenvalue weighted by Crippen LogP contribution is 2.59. The van der Waals surface area contributed by atoms with Crippen LogP contribution in [-0.2, 0) is 32.1 Å². The van der Waals surface area contributed by atoms with Crippen molar-refractivity contribution in [1.29, 1.82) is 5.26 Å². The van der Waals surface area contributed by atoms with Gasteiger partial charge in [-0.3, -0.25) is 19.2 Å². The largest absolute Gasteiger partial charge is 0.489 e. The zero-order chi connectivity index (χ0) is 50.2. The third-order valence-corrected chi connectivity index (χ3v) is 15.8. The van der Waals surface area contributed by atoms with E-state index < -0.39 is 41.4 Å². The summed E-state index contributed by atoms with van der Waals surface area (Å²) in [6, 6.07) is 19.9. The number of rotatable bonds is 18. The van der Waals surface area contributed by atoms with Crippen molar-refractivity contribution in [3.05, 3.63) is 105 Å². The minimum absolute atomic E-state index is 0.0291. The third-order valence-electron chi connectivity index (χ3n) is 14.5. The fourth-order valence-corrected chi connectivity index (χ4v) is 12.5. The van der Waals surface area contributed by atoms with Crippen molar-refractivity contribution in [3.8, 4) is 22.3 Å². The molecule has 2 fully saturated rings. The number of halogens is 1. The summed E-state index contributed by atoms with van der Waals surface area (Å²) < 4.78 is 12.6. The first-order valence-electron chi connectivity index (χ1n) is 24.0. The molecule has 1 saturated carbocycles. The van der Waals surface area contributed by atoms with E-state index in [9.17, 15) is 29.5 Å². The first-order chi connectivity index (χ1) is 32.5. The first kappa shape index (κ1) is 51.5. The summed E-state index contributed by atoms with van der Waals surface area (Å²) >= 11 is 7.88. The second kappa shape index (κ2) is 20.6. The molecule has 0 bridgehead atoms. The van der Waals surface area contributed by atoms with Gasteiger partial charge in [0.1, 0.15) is 30.1 Å². The fourth-order valence-electron chi connectivity index (χ4n) is 11.4. The van der Waals surface area contributed by atoms with E-state index in [0.717, 1.165) is 64.1 Å². The van der Waals surface area contributed by atoms with Gasteiger partial charge in [-0.2, -0.15) is 5.26 Å². The topological polar surface area (TPSA) is 188 Å². The van der Waals surface area contributed by atoms with E-state index in [1.54, 1.807) is 29.5 Å². The molecule has 1 saturated heterocycles. The SMILES string of the molecule is Cc1ncsc1-c1ccc([C@H](C)NC(=O)[C@@H]2C[C@@H](O)CN2C(=O)[C@H]([C@H](OCCCCCCc2ccc3c(c2)CN(C2C(C)(C)C(Oc4ccc(C#N)c(Cl)c4)C2(C)C)C3=O)C(N)=O)C(C)(C)C)cc1. The maximum absolute atomic E-state index is 14.5. The molecule has 4 N–H and O–H groups in total. The first-order valence-corrected chi connectivity index (χ1v) is 25.3. The number of amides is 4. The van der Waals surface area contributed by atoms with Gasteiger partial charge in [-0.1, -0.05) is 109 Å². The molecule has 13 nitrogen and oxygen atoms in total. The standard InChI is InChI=1S/C54H67ClN6O7S/c1-31(34-16-18-35(19-17-34)45-32(2)58-30-69-45)59-47(64)42-25-38(62)29-60(42)49(66)43(52(3,4)5)44(46(57)63)67-23-13-11-10-12-14-33-15-22-40-37(24-33)28-61(48(40)65)50-53(6,7)51(54(50,8)9)68-39-21-20-36(27-56)41(55)26-39/h15-22,24,26,30-31,38,42-44,50-51,62H,10-14,23,25,28-29H2,1-9H3,(H2,57,63)(H,59,64)/t31-,38+,42-,43-,44-,50?,51?/m0/s1. The molecular weight excluding hydrogens is 912 g/mol. The summed E-state index contributed by atoms with van der Waals surface area (Å²) in [6.07, 6.45) is 1.87. The molecular formula is C54H67ClN6O7S. The summed E-state index contributed by atoms with van der Waals surface area (Å²) in [5, 5.41) is 23.5. The zero-order valence-electron chi connectivity index (χ0n) is 41.3. The number of aliphatic hydroxyl groups is 1. The molecule has 7 rings (SSSR count).